The van der Waals surface area contributed by atoms with Gasteiger partial charge in [0.05, 0.1) is 19.2 Å². The molecule has 0 aliphatic heterocycles. The Morgan fingerprint density at radius 2 is 1.56 bits per heavy atom. The summed E-state index contributed by atoms with van der Waals surface area (Å²) >= 11 is 4.49. The van der Waals surface area contributed by atoms with Crippen LogP contribution in [-0.2, 0) is 29.1 Å². The SMILES string of the molecule is COC(=O)CN(CC(=O)OC)S(=O)(=O)CC(N)=S. The lowest BCUT2D eigenvalue weighted by molar-refractivity contribution is -0.143. The molecule has 0 rings (SSSR count). The number of nitrogens with two attached hydrogens (primary N) is 1. The van der Waals surface area contributed by atoms with E-state index in [1.807, 2.05) is 0 Å². The molecule has 0 aliphatic carbocycles. The van der Waals surface area contributed by atoms with Crippen LogP contribution in [0.1, 0.15) is 0 Å². The topological polar surface area (TPSA) is 116 Å². The zero-order chi connectivity index (χ0) is 14.3. The molecule has 0 bridgehead atoms. The number of carbonyl (C=O) groups excluding carboxylic acids is 2. The largest absolute Gasteiger partial charge is 0.468 e. The van der Waals surface area contributed by atoms with Crippen LogP contribution < -0.4 is 5.73 Å². The average molecular weight is 298 g/mol. The number of ether oxygens (including phenoxy) is 2. The van der Waals surface area contributed by atoms with E-state index in [1.54, 1.807) is 0 Å². The number of thiocarbonyl (C=S) groups is 1. The van der Waals surface area contributed by atoms with Crippen LogP contribution in [0.4, 0.5) is 0 Å². The van der Waals surface area contributed by atoms with E-state index in [9.17, 15) is 18.0 Å². The first-order valence-corrected chi connectivity index (χ1v) is 6.64. The van der Waals surface area contributed by atoms with Crippen molar-refractivity contribution in [1.29, 1.82) is 0 Å². The van der Waals surface area contributed by atoms with Crippen LogP contribution in [0.5, 0.6) is 0 Å². The Hall–Kier alpha value is -1.26. The molecule has 0 heterocycles. The summed E-state index contributed by atoms with van der Waals surface area (Å²) in [6.45, 7) is -1.23. The second-order valence-electron chi connectivity index (χ2n) is 3.14. The highest BCUT2D eigenvalue weighted by molar-refractivity contribution is 7.92. The van der Waals surface area contributed by atoms with Crippen LogP contribution >= 0.6 is 12.2 Å². The smallest absolute Gasteiger partial charge is 0.321 e. The number of hydrogen-bond donors (Lipinski definition) is 1. The van der Waals surface area contributed by atoms with E-state index < -0.39 is 40.8 Å². The molecule has 0 aliphatic rings. The minimum atomic E-state index is -3.97. The zero-order valence-electron chi connectivity index (χ0n) is 9.91. The van der Waals surface area contributed by atoms with Crippen molar-refractivity contribution in [2.75, 3.05) is 33.1 Å². The fourth-order valence-corrected chi connectivity index (χ4v) is 2.53. The summed E-state index contributed by atoms with van der Waals surface area (Å²) in [5, 5.41) is 0. The van der Waals surface area contributed by atoms with Gasteiger partial charge in [-0.2, -0.15) is 4.31 Å². The van der Waals surface area contributed by atoms with Crippen molar-refractivity contribution in [2.45, 2.75) is 0 Å². The van der Waals surface area contributed by atoms with E-state index in [0.29, 0.717) is 4.31 Å². The van der Waals surface area contributed by atoms with E-state index in [1.165, 1.54) is 0 Å². The molecule has 0 saturated heterocycles. The van der Waals surface area contributed by atoms with Gasteiger partial charge in [0.1, 0.15) is 18.8 Å². The Balaban J connectivity index is 5.01. The van der Waals surface area contributed by atoms with Gasteiger partial charge in [-0.25, -0.2) is 8.42 Å². The van der Waals surface area contributed by atoms with E-state index in [4.69, 9.17) is 5.73 Å². The van der Waals surface area contributed by atoms with Crippen LogP contribution in [0.25, 0.3) is 0 Å². The minimum Gasteiger partial charge on any atom is -0.468 e. The number of methoxy groups -OCH3 is 2. The lowest BCUT2D eigenvalue weighted by Gasteiger charge is -2.19. The van der Waals surface area contributed by atoms with Gasteiger partial charge in [0.25, 0.3) is 0 Å². The normalized spacial score (nSPS) is 11.1. The maximum absolute atomic E-state index is 11.8. The molecule has 0 unspecified atom stereocenters. The molecule has 18 heavy (non-hydrogen) atoms. The number of hydrogen-bond acceptors (Lipinski definition) is 7. The third-order valence-corrected chi connectivity index (χ3v) is 3.83. The third kappa shape index (κ3) is 5.89. The van der Waals surface area contributed by atoms with Gasteiger partial charge in [0, 0.05) is 0 Å². The molecule has 0 fully saturated rings. The number of sulfonamides is 1. The highest BCUT2D eigenvalue weighted by atomic mass is 32.2. The summed E-state index contributed by atoms with van der Waals surface area (Å²) < 4.78 is 32.8. The van der Waals surface area contributed by atoms with Crippen LogP contribution in [0, 0.1) is 0 Å². The quantitative estimate of drug-likeness (QED) is 0.434. The number of carbonyl (C=O) groups is 2. The number of nitrogens with zero attached hydrogens (tertiary/aromatic N) is 1. The van der Waals surface area contributed by atoms with Crippen molar-refractivity contribution in [1.82, 2.24) is 4.31 Å². The summed E-state index contributed by atoms with van der Waals surface area (Å²) in [7, 11) is -1.77. The molecule has 0 amide bonds. The summed E-state index contributed by atoms with van der Waals surface area (Å²) in [4.78, 5) is 21.9. The minimum absolute atomic E-state index is 0.269. The van der Waals surface area contributed by atoms with Gasteiger partial charge in [-0.15, -0.1) is 0 Å². The first kappa shape index (κ1) is 16.7. The standard InChI is InChI=1S/C8H14N2O6S2/c1-15-7(11)3-10(4-8(12)16-2)18(13,14)5-6(9)17/h3-5H2,1-2H3,(H2,9,17). The number of rotatable bonds is 7. The van der Waals surface area contributed by atoms with Gasteiger partial charge < -0.3 is 15.2 Å². The molecule has 0 radical (unpaired) electrons. The van der Waals surface area contributed by atoms with Gasteiger partial charge in [0.2, 0.25) is 10.0 Å². The monoisotopic (exact) mass is 298 g/mol. The Kier molecular flexibility index (Phi) is 6.73. The van der Waals surface area contributed by atoms with Crippen molar-refractivity contribution >= 4 is 39.2 Å². The van der Waals surface area contributed by atoms with Gasteiger partial charge in [-0.1, -0.05) is 12.2 Å². The lowest BCUT2D eigenvalue weighted by atomic mass is 10.6. The van der Waals surface area contributed by atoms with Crippen LogP contribution in [0.2, 0.25) is 0 Å². The predicted octanol–water partition coefficient (Wildman–Crippen LogP) is -1.75. The average Bonchev–Trinajstić information content (AvgIpc) is 2.25. The van der Waals surface area contributed by atoms with Gasteiger partial charge in [0.15, 0.2) is 0 Å². The Bertz CT molecular complexity index is 415. The summed E-state index contributed by atoms with van der Waals surface area (Å²) in [5.41, 5.74) is 5.14. The maximum Gasteiger partial charge on any atom is 0.321 e. The summed E-state index contributed by atoms with van der Waals surface area (Å²) in [6, 6.07) is 0. The third-order valence-electron chi connectivity index (χ3n) is 1.78. The molecule has 0 aromatic rings. The molecule has 0 aromatic heterocycles. The Labute approximate surface area is 110 Å². The van der Waals surface area contributed by atoms with Crippen LogP contribution in [-0.4, -0.2) is 62.7 Å². The van der Waals surface area contributed by atoms with E-state index in [2.05, 4.69) is 21.7 Å². The maximum atomic E-state index is 11.8. The molecule has 0 spiro atoms. The zero-order valence-corrected chi connectivity index (χ0v) is 11.5. The summed E-state index contributed by atoms with van der Waals surface area (Å²) in [6.07, 6.45) is 0. The van der Waals surface area contributed by atoms with Crippen molar-refractivity contribution in [3.8, 4) is 0 Å². The van der Waals surface area contributed by atoms with Gasteiger partial charge >= 0.3 is 11.9 Å². The van der Waals surface area contributed by atoms with Crippen molar-refractivity contribution < 1.29 is 27.5 Å². The molecule has 0 aromatic carbocycles. The Morgan fingerprint density at radius 3 is 1.83 bits per heavy atom. The molecule has 0 saturated carbocycles. The molecule has 8 nitrogen and oxygen atoms in total. The van der Waals surface area contributed by atoms with Crippen LogP contribution in [0.15, 0.2) is 0 Å². The molecule has 2 N–H and O–H groups in total. The molecular formula is C8H14N2O6S2. The van der Waals surface area contributed by atoms with Gasteiger partial charge in [-0.3, -0.25) is 9.59 Å². The highest BCUT2D eigenvalue weighted by Crippen LogP contribution is 2.03. The highest BCUT2D eigenvalue weighted by Gasteiger charge is 2.28. The van der Waals surface area contributed by atoms with Crippen LogP contribution in [0.3, 0.4) is 0 Å². The van der Waals surface area contributed by atoms with Gasteiger partial charge in [-0.05, 0) is 0 Å². The first-order valence-electron chi connectivity index (χ1n) is 4.62. The fraction of sp³-hybridized carbons (Fsp3) is 0.625. The van der Waals surface area contributed by atoms with Crippen molar-refractivity contribution in [2.24, 2.45) is 5.73 Å². The van der Waals surface area contributed by atoms with Crippen molar-refractivity contribution in [3.05, 3.63) is 0 Å². The Morgan fingerprint density at radius 1 is 1.17 bits per heavy atom. The second kappa shape index (κ2) is 7.24. The predicted molar refractivity (Wildman–Crippen MR) is 66.2 cm³/mol. The lowest BCUT2D eigenvalue weighted by Crippen LogP contribution is -2.43. The van der Waals surface area contributed by atoms with E-state index in [-0.39, 0.29) is 4.99 Å². The first-order chi connectivity index (χ1) is 8.22. The molecule has 0 atom stereocenters. The summed E-state index contributed by atoms with van der Waals surface area (Å²) in [5.74, 6) is -2.27. The van der Waals surface area contributed by atoms with E-state index in [0.717, 1.165) is 14.2 Å². The molecule has 104 valence electrons. The molecular weight excluding hydrogens is 284 g/mol. The molecule has 10 heteroatoms. The van der Waals surface area contributed by atoms with E-state index >= 15 is 0 Å². The van der Waals surface area contributed by atoms with Crippen molar-refractivity contribution in [3.63, 3.8) is 0 Å². The number of esters is 2. The fourth-order valence-electron chi connectivity index (χ4n) is 0.941. The second-order valence-corrected chi connectivity index (χ2v) is 5.64.